The Morgan fingerprint density at radius 3 is 2.62 bits per heavy atom. The molecule has 3 aromatic heterocycles. The number of ether oxygens (including phenoxy) is 1. The van der Waals surface area contributed by atoms with E-state index in [4.69, 9.17) is 4.74 Å². The summed E-state index contributed by atoms with van der Waals surface area (Å²) in [6, 6.07) is 9.42. The van der Waals surface area contributed by atoms with E-state index < -0.39 is 0 Å². The number of rotatable bonds is 2. The lowest BCUT2D eigenvalue weighted by Gasteiger charge is -1.92. The second-order valence-electron chi connectivity index (χ2n) is 4.06. The molecule has 3 rings (SSSR count). The molecule has 3 heterocycles. The first-order valence-corrected chi connectivity index (χ1v) is 7.07. The van der Waals surface area contributed by atoms with E-state index in [9.17, 15) is 0 Å². The third-order valence-electron chi connectivity index (χ3n) is 2.67. The third kappa shape index (κ3) is 3.07. The highest BCUT2D eigenvalue weighted by atomic mass is 32.1. The Morgan fingerprint density at radius 1 is 1.05 bits per heavy atom. The number of hydrogen-bond donors (Lipinski definition) is 0. The van der Waals surface area contributed by atoms with Crippen LogP contribution in [0.3, 0.4) is 0 Å². The van der Waals surface area contributed by atoms with Crippen molar-refractivity contribution in [1.82, 2.24) is 15.0 Å². The van der Waals surface area contributed by atoms with Gasteiger partial charge in [-0.2, -0.15) is 0 Å². The molecule has 4 nitrogen and oxygen atoms in total. The molecule has 21 heavy (non-hydrogen) atoms. The smallest absolute Gasteiger partial charge is 0.210 e. The van der Waals surface area contributed by atoms with Gasteiger partial charge in [0.25, 0.3) is 0 Å². The fraction of sp³-hybridized carbons (Fsp3) is 0.0625. The quantitative estimate of drug-likeness (QED) is 0.681. The van der Waals surface area contributed by atoms with Crippen LogP contribution in [0, 0.1) is 11.8 Å². The van der Waals surface area contributed by atoms with Crippen LogP contribution in [-0.4, -0.2) is 22.1 Å². The maximum atomic E-state index is 5.35. The molecule has 0 saturated heterocycles. The van der Waals surface area contributed by atoms with Gasteiger partial charge < -0.3 is 4.74 Å². The molecule has 0 aliphatic carbocycles. The van der Waals surface area contributed by atoms with Gasteiger partial charge in [0, 0.05) is 24.2 Å². The normalized spacial score (nSPS) is 9.76. The summed E-state index contributed by atoms with van der Waals surface area (Å²) < 4.78 is 5.35. The van der Waals surface area contributed by atoms with Crippen LogP contribution in [0.5, 0.6) is 5.06 Å². The van der Waals surface area contributed by atoms with Crippen molar-refractivity contribution in [3.05, 3.63) is 60.2 Å². The summed E-state index contributed by atoms with van der Waals surface area (Å²) in [5.41, 5.74) is 2.33. The van der Waals surface area contributed by atoms with Crippen molar-refractivity contribution in [2.45, 2.75) is 0 Å². The summed E-state index contributed by atoms with van der Waals surface area (Å²) >= 11 is 1.44. The van der Waals surface area contributed by atoms with Gasteiger partial charge >= 0.3 is 0 Å². The van der Waals surface area contributed by atoms with Gasteiger partial charge in [-0.25, -0.2) is 4.98 Å². The van der Waals surface area contributed by atoms with Gasteiger partial charge in [0.05, 0.1) is 12.8 Å². The van der Waals surface area contributed by atoms with Gasteiger partial charge in [0.1, 0.15) is 5.01 Å². The average molecular weight is 293 g/mol. The second-order valence-corrected chi connectivity index (χ2v) is 5.02. The standard InChI is InChI=1S/C16H11N3OS/c1-20-16-14(6-5-12-7-10-17-11-8-12)19-15(21-16)13-4-2-3-9-18-13/h2-4,7-11H,1H3. The van der Waals surface area contributed by atoms with E-state index in [-0.39, 0.29) is 0 Å². The largest absolute Gasteiger partial charge is 0.485 e. The Kier molecular flexibility index (Phi) is 3.90. The molecule has 0 radical (unpaired) electrons. The maximum absolute atomic E-state index is 5.35. The summed E-state index contributed by atoms with van der Waals surface area (Å²) in [6.45, 7) is 0. The van der Waals surface area contributed by atoms with Gasteiger partial charge in [-0.3, -0.25) is 9.97 Å². The first kappa shape index (κ1) is 13.3. The highest BCUT2D eigenvalue weighted by molar-refractivity contribution is 7.17. The molecule has 0 spiro atoms. The molecule has 0 aromatic carbocycles. The van der Waals surface area contributed by atoms with E-state index in [0.29, 0.717) is 10.8 Å². The zero-order valence-electron chi connectivity index (χ0n) is 11.3. The van der Waals surface area contributed by atoms with E-state index in [1.54, 1.807) is 25.7 Å². The molecule has 0 unspecified atom stereocenters. The number of methoxy groups -OCH3 is 1. The predicted octanol–water partition coefficient (Wildman–Crippen LogP) is 3.01. The van der Waals surface area contributed by atoms with Gasteiger partial charge in [0.15, 0.2) is 5.69 Å². The highest BCUT2D eigenvalue weighted by Crippen LogP contribution is 2.32. The fourth-order valence-corrected chi connectivity index (χ4v) is 2.50. The van der Waals surface area contributed by atoms with Gasteiger partial charge in [-0.15, -0.1) is 0 Å². The van der Waals surface area contributed by atoms with Crippen LogP contribution in [-0.2, 0) is 0 Å². The van der Waals surface area contributed by atoms with Crippen LogP contribution >= 0.6 is 11.3 Å². The van der Waals surface area contributed by atoms with E-state index in [1.165, 1.54) is 11.3 Å². The highest BCUT2D eigenvalue weighted by Gasteiger charge is 2.12. The van der Waals surface area contributed by atoms with Crippen molar-refractivity contribution in [3.63, 3.8) is 0 Å². The van der Waals surface area contributed by atoms with E-state index in [1.807, 2.05) is 30.3 Å². The Hall–Kier alpha value is -2.71. The molecule has 0 aliphatic heterocycles. The monoisotopic (exact) mass is 293 g/mol. The SMILES string of the molecule is COc1sc(-c2ccccn2)nc1C#Cc1ccncc1. The van der Waals surface area contributed by atoms with E-state index >= 15 is 0 Å². The first-order chi connectivity index (χ1) is 10.4. The molecule has 0 N–H and O–H groups in total. The first-order valence-electron chi connectivity index (χ1n) is 6.25. The van der Waals surface area contributed by atoms with Crippen LogP contribution < -0.4 is 4.74 Å². The lowest BCUT2D eigenvalue weighted by Crippen LogP contribution is -1.84. The van der Waals surface area contributed by atoms with Crippen molar-refractivity contribution in [1.29, 1.82) is 0 Å². The Morgan fingerprint density at radius 2 is 1.90 bits per heavy atom. The number of aromatic nitrogens is 3. The van der Waals surface area contributed by atoms with Crippen LogP contribution in [0.25, 0.3) is 10.7 Å². The molecule has 0 fully saturated rings. The fourth-order valence-electron chi connectivity index (χ4n) is 1.69. The maximum Gasteiger partial charge on any atom is 0.210 e. The minimum Gasteiger partial charge on any atom is -0.485 e. The van der Waals surface area contributed by atoms with Gasteiger partial charge in [-0.05, 0) is 30.2 Å². The molecule has 0 aliphatic rings. The predicted molar refractivity (Wildman–Crippen MR) is 82.1 cm³/mol. The van der Waals surface area contributed by atoms with E-state index in [2.05, 4.69) is 26.8 Å². The van der Waals surface area contributed by atoms with Crippen LogP contribution in [0.15, 0.2) is 48.9 Å². The molecule has 3 aromatic rings. The van der Waals surface area contributed by atoms with Gasteiger partial charge in [-0.1, -0.05) is 23.3 Å². The zero-order valence-corrected chi connectivity index (χ0v) is 12.1. The molecular formula is C16H11N3OS. The minimum absolute atomic E-state index is 0.625. The Labute approximate surface area is 126 Å². The molecule has 0 atom stereocenters. The number of hydrogen-bond acceptors (Lipinski definition) is 5. The summed E-state index contributed by atoms with van der Waals surface area (Å²) in [5.74, 6) is 6.09. The van der Waals surface area contributed by atoms with Crippen LogP contribution in [0.4, 0.5) is 0 Å². The lowest BCUT2D eigenvalue weighted by atomic mass is 10.2. The molecule has 0 saturated carbocycles. The van der Waals surface area contributed by atoms with Crippen molar-refractivity contribution in [2.24, 2.45) is 0 Å². The zero-order chi connectivity index (χ0) is 14.5. The van der Waals surface area contributed by atoms with Crippen molar-refractivity contribution in [3.8, 4) is 27.6 Å². The Balaban J connectivity index is 1.96. The van der Waals surface area contributed by atoms with Crippen LogP contribution in [0.1, 0.15) is 11.3 Å². The summed E-state index contributed by atoms with van der Waals surface area (Å²) in [7, 11) is 1.62. The molecule has 0 amide bonds. The third-order valence-corrected chi connectivity index (χ3v) is 3.71. The molecule has 0 bridgehead atoms. The summed E-state index contributed by atoms with van der Waals surface area (Å²) in [5, 5.41) is 1.49. The van der Waals surface area contributed by atoms with Crippen molar-refractivity contribution >= 4 is 11.3 Å². The molecule has 102 valence electrons. The van der Waals surface area contributed by atoms with E-state index in [0.717, 1.165) is 16.3 Å². The van der Waals surface area contributed by atoms with Crippen molar-refractivity contribution in [2.75, 3.05) is 7.11 Å². The topological polar surface area (TPSA) is 47.9 Å². The molecule has 5 heteroatoms. The summed E-state index contributed by atoms with van der Waals surface area (Å²) in [4.78, 5) is 12.8. The number of nitrogens with zero attached hydrogens (tertiary/aromatic N) is 3. The second kappa shape index (κ2) is 6.16. The van der Waals surface area contributed by atoms with Crippen molar-refractivity contribution < 1.29 is 4.74 Å². The Bertz CT molecular complexity index is 789. The number of pyridine rings is 2. The average Bonchev–Trinajstić information content (AvgIpc) is 2.98. The molecular weight excluding hydrogens is 282 g/mol. The number of thiazole rings is 1. The summed E-state index contributed by atoms with van der Waals surface area (Å²) in [6.07, 6.45) is 5.16. The lowest BCUT2D eigenvalue weighted by molar-refractivity contribution is 0.425. The van der Waals surface area contributed by atoms with Gasteiger partial charge in [0.2, 0.25) is 5.06 Å². The minimum atomic E-state index is 0.625. The van der Waals surface area contributed by atoms with Crippen LogP contribution in [0.2, 0.25) is 0 Å².